The van der Waals surface area contributed by atoms with E-state index in [1.807, 2.05) is 36.4 Å². The molecule has 1 aromatic carbocycles. The summed E-state index contributed by atoms with van der Waals surface area (Å²) in [6.45, 7) is 0.497. The normalized spacial score (nSPS) is 15.5. The molecule has 0 aliphatic heterocycles. The molecule has 1 atom stereocenters. The van der Waals surface area contributed by atoms with Crippen LogP contribution in [-0.4, -0.2) is 37.7 Å². The highest BCUT2D eigenvalue weighted by molar-refractivity contribution is 6.21. The number of benzene rings is 1. The first-order valence-corrected chi connectivity index (χ1v) is 9.01. The van der Waals surface area contributed by atoms with Crippen molar-refractivity contribution in [3.05, 3.63) is 59.4 Å². The summed E-state index contributed by atoms with van der Waals surface area (Å²) in [7, 11) is 2.54. The number of carbonyl (C=O) groups excluding carboxylic acids is 2. The molecule has 0 bridgehead atoms. The van der Waals surface area contributed by atoms with E-state index in [1.165, 1.54) is 14.2 Å². The molecular weight excluding hydrogens is 368 g/mol. The second-order valence-electron chi connectivity index (χ2n) is 6.51. The number of alkyl halides is 1. The van der Waals surface area contributed by atoms with Crippen LogP contribution in [0.4, 0.5) is 5.69 Å². The number of anilines is 1. The topological polar surface area (TPSA) is 77.5 Å². The molecule has 0 fully saturated rings. The smallest absolute Gasteiger partial charge is 0.323 e. The summed E-state index contributed by atoms with van der Waals surface area (Å²) >= 11 is 6.50. The van der Waals surface area contributed by atoms with E-state index in [0.717, 1.165) is 16.8 Å². The van der Waals surface area contributed by atoms with Crippen LogP contribution < -0.4 is 5.32 Å². The number of carbonyl (C=O) groups is 2. The van der Waals surface area contributed by atoms with Gasteiger partial charge in [-0.15, -0.1) is 11.6 Å². The lowest BCUT2D eigenvalue weighted by Gasteiger charge is -2.22. The Labute approximate surface area is 162 Å². The number of pyridine rings is 1. The molecule has 6 nitrogen and oxygen atoms in total. The Morgan fingerprint density at radius 3 is 2.41 bits per heavy atom. The van der Waals surface area contributed by atoms with Gasteiger partial charge in [0.25, 0.3) is 0 Å². The fraction of sp³-hybridized carbons (Fsp3) is 0.350. The van der Waals surface area contributed by atoms with Crippen molar-refractivity contribution < 1.29 is 19.1 Å². The molecule has 1 N–H and O–H groups in total. The number of aromatic nitrogens is 1. The quantitative estimate of drug-likeness (QED) is 0.466. The van der Waals surface area contributed by atoms with Crippen LogP contribution in [0.2, 0.25) is 0 Å². The second kappa shape index (κ2) is 7.96. The van der Waals surface area contributed by atoms with Crippen LogP contribution in [0.15, 0.2) is 42.6 Å². The number of hydrogen-bond donors (Lipinski definition) is 1. The number of halogens is 1. The van der Waals surface area contributed by atoms with Crippen molar-refractivity contribution in [1.82, 2.24) is 4.98 Å². The molecule has 0 saturated carbocycles. The monoisotopic (exact) mass is 388 g/mol. The van der Waals surface area contributed by atoms with Gasteiger partial charge in [-0.3, -0.25) is 14.6 Å². The Balaban J connectivity index is 1.77. The van der Waals surface area contributed by atoms with Crippen molar-refractivity contribution in [2.75, 3.05) is 26.1 Å². The van der Waals surface area contributed by atoms with Gasteiger partial charge < -0.3 is 14.8 Å². The van der Waals surface area contributed by atoms with Crippen LogP contribution in [0.3, 0.4) is 0 Å². The molecule has 3 rings (SSSR count). The van der Waals surface area contributed by atoms with Crippen LogP contribution in [0.25, 0.3) is 0 Å². The van der Waals surface area contributed by atoms with E-state index in [0.29, 0.717) is 12.2 Å². The van der Waals surface area contributed by atoms with Crippen molar-refractivity contribution in [1.29, 1.82) is 0 Å². The number of fused-ring (bicyclic) bond motifs is 1. The number of ether oxygens (including phenoxy) is 2. The minimum Gasteiger partial charge on any atom is -0.468 e. The number of methoxy groups -OCH3 is 2. The predicted molar refractivity (Wildman–Crippen MR) is 102 cm³/mol. The Morgan fingerprint density at radius 2 is 1.78 bits per heavy atom. The fourth-order valence-corrected chi connectivity index (χ4v) is 3.58. The molecule has 7 heteroatoms. The van der Waals surface area contributed by atoms with Gasteiger partial charge in [0.05, 0.1) is 25.3 Å². The van der Waals surface area contributed by atoms with E-state index >= 15 is 0 Å². The highest BCUT2D eigenvalue weighted by Crippen LogP contribution is 2.40. The maximum Gasteiger partial charge on any atom is 0.323 e. The first-order valence-electron chi connectivity index (χ1n) is 8.57. The zero-order chi connectivity index (χ0) is 19.4. The zero-order valence-corrected chi connectivity index (χ0v) is 16.0. The Morgan fingerprint density at radius 1 is 1.15 bits per heavy atom. The Kier molecular flexibility index (Phi) is 5.65. The summed E-state index contributed by atoms with van der Waals surface area (Å²) in [4.78, 5) is 29.0. The molecular formula is C20H21ClN2O4. The lowest BCUT2D eigenvalue weighted by atomic mass is 9.85. The summed E-state index contributed by atoms with van der Waals surface area (Å²) < 4.78 is 9.72. The van der Waals surface area contributed by atoms with E-state index in [-0.39, 0.29) is 18.2 Å². The zero-order valence-electron chi connectivity index (χ0n) is 15.2. The van der Waals surface area contributed by atoms with Gasteiger partial charge in [-0.2, -0.15) is 0 Å². The van der Waals surface area contributed by atoms with E-state index < -0.39 is 17.4 Å². The SMILES string of the molecule is COC(=O)C1(C(=O)OC)Cc2cnc(C(Cl)CNc3ccccc3)cc2C1. The molecule has 1 heterocycles. The Hall–Kier alpha value is -2.60. The number of rotatable bonds is 6. The minimum absolute atomic E-state index is 0.212. The maximum atomic E-state index is 12.3. The van der Waals surface area contributed by atoms with Gasteiger partial charge in [-0.25, -0.2) is 0 Å². The standard InChI is InChI=1S/C20H21ClN2O4/c1-26-18(24)20(19(25)27-2)9-13-8-17(23-11-14(13)10-20)16(21)12-22-15-6-4-3-5-7-15/h3-8,11,16,22H,9-10,12H2,1-2H3. The first kappa shape index (κ1) is 19.2. The number of esters is 2. The third-order valence-electron chi connectivity index (χ3n) is 4.82. The minimum atomic E-state index is -1.35. The molecule has 2 aromatic rings. The summed E-state index contributed by atoms with van der Waals surface area (Å²) in [5.74, 6) is -1.19. The third kappa shape index (κ3) is 3.76. The third-order valence-corrected chi connectivity index (χ3v) is 5.20. The number of nitrogens with zero attached hydrogens (tertiary/aromatic N) is 1. The molecule has 0 spiro atoms. The van der Waals surface area contributed by atoms with Crippen molar-refractivity contribution >= 4 is 29.2 Å². The van der Waals surface area contributed by atoms with Crippen molar-refractivity contribution in [3.8, 4) is 0 Å². The van der Waals surface area contributed by atoms with Crippen LogP contribution in [0, 0.1) is 5.41 Å². The molecule has 1 unspecified atom stereocenters. The van der Waals surface area contributed by atoms with Crippen LogP contribution in [0.1, 0.15) is 22.2 Å². The molecule has 0 saturated heterocycles. The summed E-state index contributed by atoms with van der Waals surface area (Å²) in [6, 6.07) is 11.6. The Bertz CT molecular complexity index is 825. The van der Waals surface area contributed by atoms with E-state index in [9.17, 15) is 9.59 Å². The highest BCUT2D eigenvalue weighted by Gasteiger charge is 2.52. The van der Waals surface area contributed by atoms with Crippen molar-refractivity contribution in [2.45, 2.75) is 18.2 Å². The average Bonchev–Trinajstić information content (AvgIpc) is 3.11. The van der Waals surface area contributed by atoms with E-state index in [4.69, 9.17) is 21.1 Å². The van der Waals surface area contributed by atoms with Gasteiger partial charge in [0.1, 0.15) is 0 Å². The molecule has 27 heavy (non-hydrogen) atoms. The largest absolute Gasteiger partial charge is 0.468 e. The second-order valence-corrected chi connectivity index (χ2v) is 7.04. The van der Waals surface area contributed by atoms with Gasteiger partial charge >= 0.3 is 11.9 Å². The number of hydrogen-bond acceptors (Lipinski definition) is 6. The van der Waals surface area contributed by atoms with Gasteiger partial charge in [-0.05, 0) is 35.7 Å². The maximum absolute atomic E-state index is 12.3. The highest BCUT2D eigenvalue weighted by atomic mass is 35.5. The van der Waals surface area contributed by atoms with Gasteiger partial charge in [0, 0.05) is 24.8 Å². The van der Waals surface area contributed by atoms with Crippen LogP contribution in [0.5, 0.6) is 0 Å². The van der Waals surface area contributed by atoms with Gasteiger partial charge in [0.2, 0.25) is 0 Å². The van der Waals surface area contributed by atoms with E-state index in [1.54, 1.807) is 6.20 Å². The number of para-hydroxylation sites is 1. The van der Waals surface area contributed by atoms with Crippen molar-refractivity contribution in [2.24, 2.45) is 5.41 Å². The van der Waals surface area contributed by atoms with Crippen LogP contribution in [-0.2, 0) is 31.9 Å². The number of nitrogens with one attached hydrogen (secondary N) is 1. The summed E-state index contributed by atoms with van der Waals surface area (Å²) in [5.41, 5.74) is 2.00. The molecule has 0 radical (unpaired) electrons. The summed E-state index contributed by atoms with van der Waals surface area (Å²) in [6.07, 6.45) is 2.10. The predicted octanol–water partition coefficient (Wildman–Crippen LogP) is 2.90. The lowest BCUT2D eigenvalue weighted by Crippen LogP contribution is -2.42. The molecule has 1 aliphatic rings. The lowest BCUT2D eigenvalue weighted by molar-refractivity contribution is -0.168. The molecule has 0 amide bonds. The first-order chi connectivity index (χ1) is 13.0. The molecule has 1 aromatic heterocycles. The summed E-state index contributed by atoms with van der Waals surface area (Å²) in [5, 5.41) is 2.90. The molecule has 142 valence electrons. The molecule has 1 aliphatic carbocycles. The van der Waals surface area contributed by atoms with Crippen LogP contribution >= 0.6 is 11.6 Å². The van der Waals surface area contributed by atoms with Gasteiger partial charge in [-0.1, -0.05) is 18.2 Å². The fourth-order valence-electron chi connectivity index (χ4n) is 3.38. The average molecular weight is 389 g/mol. The van der Waals surface area contributed by atoms with Gasteiger partial charge in [0.15, 0.2) is 5.41 Å². The van der Waals surface area contributed by atoms with E-state index in [2.05, 4.69) is 10.3 Å². The van der Waals surface area contributed by atoms with Crippen molar-refractivity contribution in [3.63, 3.8) is 0 Å².